The first kappa shape index (κ1) is 16.1. The molecule has 122 valence electrons. The van der Waals surface area contributed by atoms with Crippen molar-refractivity contribution in [3.63, 3.8) is 0 Å². The summed E-state index contributed by atoms with van der Waals surface area (Å²) in [5, 5.41) is 0.610. The molecule has 1 amide bonds. The van der Waals surface area contributed by atoms with E-state index < -0.39 is 0 Å². The van der Waals surface area contributed by atoms with Gasteiger partial charge in [-0.2, -0.15) is 0 Å². The number of aromatic nitrogens is 2. The minimum atomic E-state index is 0.0968. The highest BCUT2D eigenvalue weighted by atomic mass is 35.5. The molecule has 1 aromatic heterocycles. The number of carbonyl (C=O) groups excluding carboxylic acids is 1. The topological polar surface area (TPSA) is 38.1 Å². The zero-order valence-corrected chi connectivity index (χ0v) is 14.2. The summed E-state index contributed by atoms with van der Waals surface area (Å²) in [7, 11) is 0. The molecule has 1 aromatic carbocycles. The van der Waals surface area contributed by atoms with Gasteiger partial charge in [0, 0.05) is 42.1 Å². The van der Waals surface area contributed by atoms with Gasteiger partial charge in [0.15, 0.2) is 0 Å². The van der Waals surface area contributed by atoms with Crippen LogP contribution in [0.1, 0.15) is 41.9 Å². The molecular formula is C18H22ClN3O. The van der Waals surface area contributed by atoms with Crippen molar-refractivity contribution in [1.29, 1.82) is 0 Å². The minimum Gasteiger partial charge on any atom is -0.336 e. The zero-order chi connectivity index (χ0) is 16.2. The molecule has 2 heterocycles. The van der Waals surface area contributed by atoms with Crippen molar-refractivity contribution in [3.8, 4) is 0 Å². The number of piperidine rings is 1. The molecule has 1 saturated heterocycles. The molecule has 5 heteroatoms. The number of hydrogen-bond donors (Lipinski definition) is 0. The van der Waals surface area contributed by atoms with E-state index in [0.29, 0.717) is 10.6 Å². The summed E-state index contributed by atoms with van der Waals surface area (Å²) in [5.41, 5.74) is 0.684. The second-order valence-corrected chi connectivity index (χ2v) is 6.55. The molecule has 0 spiro atoms. The smallest absolute Gasteiger partial charge is 0.254 e. The lowest BCUT2D eigenvalue weighted by Gasteiger charge is -2.36. The maximum Gasteiger partial charge on any atom is 0.254 e. The van der Waals surface area contributed by atoms with Crippen molar-refractivity contribution in [2.45, 2.75) is 45.2 Å². The summed E-state index contributed by atoms with van der Waals surface area (Å²) < 4.78 is 2.15. The molecule has 0 saturated carbocycles. The third kappa shape index (κ3) is 3.75. The van der Waals surface area contributed by atoms with E-state index in [0.717, 1.165) is 38.2 Å². The molecule has 0 bridgehead atoms. The van der Waals surface area contributed by atoms with Crippen molar-refractivity contribution < 1.29 is 4.79 Å². The maximum atomic E-state index is 12.8. The Morgan fingerprint density at radius 2 is 2.26 bits per heavy atom. The van der Waals surface area contributed by atoms with Crippen LogP contribution in [0.2, 0.25) is 5.02 Å². The predicted octanol–water partition coefficient (Wildman–Crippen LogP) is 3.93. The third-order valence-corrected chi connectivity index (χ3v) is 4.82. The second-order valence-electron chi connectivity index (χ2n) is 6.12. The number of rotatable bonds is 4. The highest BCUT2D eigenvalue weighted by Gasteiger charge is 2.27. The van der Waals surface area contributed by atoms with Crippen molar-refractivity contribution in [2.24, 2.45) is 0 Å². The molecule has 0 aliphatic carbocycles. The lowest BCUT2D eigenvalue weighted by Crippen LogP contribution is -2.44. The zero-order valence-electron chi connectivity index (χ0n) is 13.4. The van der Waals surface area contributed by atoms with Gasteiger partial charge in [-0.1, -0.05) is 17.7 Å². The van der Waals surface area contributed by atoms with Gasteiger partial charge in [0.1, 0.15) is 5.82 Å². The van der Waals surface area contributed by atoms with E-state index >= 15 is 0 Å². The lowest BCUT2D eigenvalue weighted by atomic mass is 9.98. The molecule has 4 nitrogen and oxygen atoms in total. The lowest BCUT2D eigenvalue weighted by molar-refractivity contribution is 0.0595. The van der Waals surface area contributed by atoms with Gasteiger partial charge in [0.05, 0.1) is 0 Å². The normalized spacial score (nSPS) is 18.2. The van der Waals surface area contributed by atoms with Gasteiger partial charge in [0.2, 0.25) is 0 Å². The Kier molecular flexibility index (Phi) is 5.01. The van der Waals surface area contributed by atoms with E-state index in [1.54, 1.807) is 12.1 Å². The van der Waals surface area contributed by atoms with Crippen LogP contribution in [0.3, 0.4) is 0 Å². The van der Waals surface area contributed by atoms with Crippen LogP contribution in [0.15, 0.2) is 36.7 Å². The fraction of sp³-hybridized carbons (Fsp3) is 0.444. The molecule has 2 aromatic rings. The number of imidazole rings is 1. The Hall–Kier alpha value is -1.81. The van der Waals surface area contributed by atoms with Crippen molar-refractivity contribution in [1.82, 2.24) is 14.5 Å². The molecule has 1 atom stereocenters. The molecule has 1 aliphatic rings. The van der Waals surface area contributed by atoms with Crippen LogP contribution in [0.5, 0.6) is 0 Å². The van der Waals surface area contributed by atoms with Gasteiger partial charge in [-0.05, 0) is 50.8 Å². The minimum absolute atomic E-state index is 0.0968. The monoisotopic (exact) mass is 331 g/mol. The van der Waals surface area contributed by atoms with Crippen molar-refractivity contribution in [3.05, 3.63) is 53.1 Å². The van der Waals surface area contributed by atoms with E-state index in [1.807, 2.05) is 36.4 Å². The fourth-order valence-electron chi connectivity index (χ4n) is 3.28. The fourth-order valence-corrected chi connectivity index (χ4v) is 3.47. The Morgan fingerprint density at radius 3 is 3.00 bits per heavy atom. The summed E-state index contributed by atoms with van der Waals surface area (Å²) in [6.45, 7) is 3.74. The molecule has 3 rings (SSSR count). The summed E-state index contributed by atoms with van der Waals surface area (Å²) in [4.78, 5) is 19.1. The molecule has 0 unspecified atom stereocenters. The summed E-state index contributed by atoms with van der Waals surface area (Å²) in [6, 6.07) is 7.53. The van der Waals surface area contributed by atoms with Gasteiger partial charge in [0.25, 0.3) is 5.91 Å². The Balaban J connectivity index is 1.71. The number of aryl methyl sites for hydroxylation is 2. The first-order chi connectivity index (χ1) is 11.1. The van der Waals surface area contributed by atoms with E-state index in [9.17, 15) is 4.79 Å². The summed E-state index contributed by atoms with van der Waals surface area (Å²) in [5.74, 6) is 1.12. The number of nitrogens with zero attached hydrogens (tertiary/aromatic N) is 3. The number of amides is 1. The standard InChI is InChI=1S/C18H22ClN3O/c1-14-20-9-12-21(14)11-8-17-7-2-3-10-22(17)18(23)15-5-4-6-16(19)13-15/h4-6,9,12-13,17H,2-3,7-8,10-11H2,1H3/t17-/m0/s1. The van der Waals surface area contributed by atoms with Crippen molar-refractivity contribution in [2.75, 3.05) is 6.54 Å². The molecule has 1 aliphatic heterocycles. The Morgan fingerprint density at radius 1 is 1.39 bits per heavy atom. The maximum absolute atomic E-state index is 12.8. The van der Waals surface area contributed by atoms with E-state index in [2.05, 4.69) is 9.55 Å². The number of likely N-dealkylation sites (tertiary alicyclic amines) is 1. The largest absolute Gasteiger partial charge is 0.336 e. The van der Waals surface area contributed by atoms with Gasteiger partial charge in [-0.25, -0.2) is 4.98 Å². The number of carbonyl (C=O) groups is 1. The molecule has 23 heavy (non-hydrogen) atoms. The predicted molar refractivity (Wildman–Crippen MR) is 91.7 cm³/mol. The molecule has 0 N–H and O–H groups in total. The van der Waals surface area contributed by atoms with Crippen LogP contribution in [0.25, 0.3) is 0 Å². The van der Waals surface area contributed by atoms with E-state index in [4.69, 9.17) is 11.6 Å². The number of hydrogen-bond acceptors (Lipinski definition) is 2. The van der Waals surface area contributed by atoms with Crippen molar-refractivity contribution >= 4 is 17.5 Å². The highest BCUT2D eigenvalue weighted by Crippen LogP contribution is 2.23. The third-order valence-electron chi connectivity index (χ3n) is 4.59. The SMILES string of the molecule is Cc1nccn1CC[C@@H]1CCCCN1C(=O)c1cccc(Cl)c1. The number of halogens is 1. The molecular weight excluding hydrogens is 310 g/mol. The average Bonchev–Trinajstić information content (AvgIpc) is 2.97. The van der Waals surface area contributed by atoms with Crippen LogP contribution >= 0.6 is 11.6 Å². The van der Waals surface area contributed by atoms with Gasteiger partial charge in [-0.15, -0.1) is 0 Å². The quantitative estimate of drug-likeness (QED) is 0.851. The van der Waals surface area contributed by atoms with Crippen LogP contribution in [-0.4, -0.2) is 32.9 Å². The van der Waals surface area contributed by atoms with E-state index in [-0.39, 0.29) is 11.9 Å². The van der Waals surface area contributed by atoms with Gasteiger partial charge >= 0.3 is 0 Å². The van der Waals surface area contributed by atoms with Gasteiger partial charge < -0.3 is 9.47 Å². The van der Waals surface area contributed by atoms with Crippen LogP contribution in [-0.2, 0) is 6.54 Å². The first-order valence-corrected chi connectivity index (χ1v) is 8.57. The summed E-state index contributed by atoms with van der Waals surface area (Å²) >= 11 is 6.03. The highest BCUT2D eigenvalue weighted by molar-refractivity contribution is 6.30. The van der Waals surface area contributed by atoms with Crippen LogP contribution < -0.4 is 0 Å². The second kappa shape index (κ2) is 7.18. The molecule has 0 radical (unpaired) electrons. The van der Waals surface area contributed by atoms with E-state index in [1.165, 1.54) is 6.42 Å². The Labute approximate surface area is 142 Å². The summed E-state index contributed by atoms with van der Waals surface area (Å²) in [6.07, 6.45) is 8.12. The van der Waals surface area contributed by atoms with Crippen LogP contribution in [0, 0.1) is 6.92 Å². The average molecular weight is 332 g/mol. The van der Waals surface area contributed by atoms with Gasteiger partial charge in [-0.3, -0.25) is 4.79 Å². The van der Waals surface area contributed by atoms with Crippen LogP contribution in [0.4, 0.5) is 0 Å². The number of benzene rings is 1. The first-order valence-electron chi connectivity index (χ1n) is 8.19. The Bertz CT molecular complexity index is 682. The molecule has 1 fully saturated rings.